The molecule has 0 rings (SSSR count). The second kappa shape index (κ2) is 19.1. The van der Waals surface area contributed by atoms with Crippen molar-refractivity contribution in [3.63, 3.8) is 0 Å². The molecule has 0 spiro atoms. The van der Waals surface area contributed by atoms with Crippen molar-refractivity contribution in [2.75, 3.05) is 6.61 Å². The minimum atomic E-state index is -0.433. The summed E-state index contributed by atoms with van der Waals surface area (Å²) >= 11 is 0. The van der Waals surface area contributed by atoms with Gasteiger partial charge >= 0.3 is 11.9 Å². The third kappa shape index (κ3) is 18.9. The molecule has 1 unspecified atom stereocenters. The van der Waals surface area contributed by atoms with E-state index in [1.165, 1.54) is 0 Å². The van der Waals surface area contributed by atoms with Crippen molar-refractivity contribution in [3.8, 4) is 0 Å². The van der Waals surface area contributed by atoms with E-state index in [0.717, 1.165) is 76.8 Å². The summed E-state index contributed by atoms with van der Waals surface area (Å²) in [6.07, 6.45) is 12.8. The molecule has 6 nitrogen and oxygen atoms in total. The van der Waals surface area contributed by atoms with Crippen LogP contribution in [0.15, 0.2) is 0 Å². The topological polar surface area (TPSA) is 86.7 Å². The Morgan fingerprint density at radius 2 is 1.15 bits per heavy atom. The van der Waals surface area contributed by atoms with Crippen LogP contribution in [-0.2, 0) is 28.7 Å². The lowest BCUT2D eigenvalue weighted by Gasteiger charge is -2.13. The molecule has 0 aliphatic rings. The van der Waals surface area contributed by atoms with Crippen LogP contribution >= 0.6 is 0 Å². The Morgan fingerprint density at radius 1 is 0.704 bits per heavy atom. The maximum absolute atomic E-state index is 11.7. The maximum Gasteiger partial charge on any atom is 0.306 e. The fraction of sp³-hybridized carbons (Fsp3) is 0.810. The van der Waals surface area contributed by atoms with Crippen LogP contribution in [0.5, 0.6) is 0 Å². The highest BCUT2D eigenvalue weighted by atomic mass is 16.6. The van der Waals surface area contributed by atoms with Gasteiger partial charge in [0.15, 0.2) is 0 Å². The van der Waals surface area contributed by atoms with Crippen LogP contribution in [0.3, 0.4) is 0 Å². The summed E-state index contributed by atoms with van der Waals surface area (Å²) in [5.41, 5.74) is 0. The Balaban J connectivity index is 3.53. The molecule has 0 saturated carbocycles. The van der Waals surface area contributed by atoms with Gasteiger partial charge in [-0.25, -0.2) is 0 Å². The monoisotopic (exact) mass is 384 g/mol. The molecule has 1 atom stereocenters. The first kappa shape index (κ1) is 25.3. The smallest absolute Gasteiger partial charge is 0.306 e. The molecule has 0 aromatic heterocycles. The van der Waals surface area contributed by atoms with Crippen LogP contribution in [0.25, 0.3) is 0 Å². The highest BCUT2D eigenvalue weighted by molar-refractivity contribution is 5.70. The summed E-state index contributed by atoms with van der Waals surface area (Å²) in [6.45, 7) is 1.81. The zero-order chi connectivity index (χ0) is 20.2. The Bertz CT molecular complexity index is 407. The zero-order valence-corrected chi connectivity index (χ0v) is 16.8. The van der Waals surface area contributed by atoms with Crippen molar-refractivity contribution in [3.05, 3.63) is 0 Å². The molecule has 156 valence electrons. The number of carbonyl (C=O) groups is 4. The summed E-state index contributed by atoms with van der Waals surface area (Å²) in [5, 5.41) is 0. The highest BCUT2D eigenvalue weighted by Crippen LogP contribution is 2.09. The molecular formula is C21H36O6. The number of hydrogen-bond donors (Lipinski definition) is 0. The average Bonchev–Trinajstić information content (AvgIpc) is 2.65. The maximum atomic E-state index is 11.7. The highest BCUT2D eigenvalue weighted by Gasteiger charge is 2.12. The molecule has 0 heterocycles. The Labute approximate surface area is 163 Å². The Morgan fingerprint density at radius 3 is 1.67 bits per heavy atom. The Hall–Kier alpha value is -1.72. The van der Waals surface area contributed by atoms with E-state index in [-0.39, 0.29) is 18.5 Å². The van der Waals surface area contributed by atoms with Crippen molar-refractivity contribution < 1.29 is 28.7 Å². The van der Waals surface area contributed by atoms with E-state index in [0.29, 0.717) is 25.7 Å². The standard InChI is InChI=1S/C21H36O6/c1-19(27-21(25)15-11-7-3-5-9-13-17-23)18-26-20(24)14-10-6-2-4-8-12-16-22/h16-17,19H,2-15,18H2,1H3. The van der Waals surface area contributed by atoms with E-state index >= 15 is 0 Å². The van der Waals surface area contributed by atoms with Gasteiger partial charge < -0.3 is 19.1 Å². The number of hydrogen-bond acceptors (Lipinski definition) is 6. The van der Waals surface area contributed by atoms with Gasteiger partial charge in [0.1, 0.15) is 25.3 Å². The number of ether oxygens (including phenoxy) is 2. The predicted molar refractivity (Wildman–Crippen MR) is 103 cm³/mol. The number of esters is 2. The van der Waals surface area contributed by atoms with Crippen LogP contribution in [0, 0.1) is 0 Å². The van der Waals surface area contributed by atoms with Gasteiger partial charge in [-0.1, -0.05) is 38.5 Å². The Kier molecular flexibility index (Phi) is 17.8. The number of rotatable bonds is 19. The summed E-state index contributed by atoms with van der Waals surface area (Å²) in [7, 11) is 0. The third-order valence-corrected chi connectivity index (χ3v) is 4.22. The van der Waals surface area contributed by atoms with Crippen LogP contribution in [0.1, 0.15) is 96.8 Å². The first-order valence-corrected chi connectivity index (χ1v) is 10.3. The summed E-state index contributed by atoms with van der Waals surface area (Å²) in [6, 6.07) is 0. The molecule has 0 saturated heterocycles. The lowest BCUT2D eigenvalue weighted by Crippen LogP contribution is -2.22. The molecule has 27 heavy (non-hydrogen) atoms. The molecule has 0 amide bonds. The molecule has 0 radical (unpaired) electrons. The van der Waals surface area contributed by atoms with Crippen molar-refractivity contribution >= 4 is 24.5 Å². The zero-order valence-electron chi connectivity index (χ0n) is 16.8. The van der Waals surface area contributed by atoms with Crippen molar-refractivity contribution in [2.24, 2.45) is 0 Å². The van der Waals surface area contributed by atoms with Crippen LogP contribution < -0.4 is 0 Å². The fourth-order valence-electron chi connectivity index (χ4n) is 2.65. The van der Waals surface area contributed by atoms with Gasteiger partial charge in [0.05, 0.1) is 0 Å². The van der Waals surface area contributed by atoms with Gasteiger partial charge in [0.25, 0.3) is 0 Å². The minimum Gasteiger partial charge on any atom is -0.462 e. The van der Waals surface area contributed by atoms with Crippen molar-refractivity contribution in [1.82, 2.24) is 0 Å². The molecule has 0 bridgehead atoms. The largest absolute Gasteiger partial charge is 0.462 e. The summed E-state index contributed by atoms with van der Waals surface area (Å²) < 4.78 is 10.4. The quantitative estimate of drug-likeness (QED) is 0.187. The second-order valence-corrected chi connectivity index (χ2v) is 6.93. The fourth-order valence-corrected chi connectivity index (χ4v) is 2.65. The van der Waals surface area contributed by atoms with Crippen LogP contribution in [-0.4, -0.2) is 37.2 Å². The van der Waals surface area contributed by atoms with Gasteiger partial charge in [-0.2, -0.15) is 0 Å². The van der Waals surface area contributed by atoms with Crippen molar-refractivity contribution in [1.29, 1.82) is 0 Å². The molecule has 0 aliphatic heterocycles. The van der Waals surface area contributed by atoms with Gasteiger partial charge in [0, 0.05) is 25.7 Å². The first-order chi connectivity index (χ1) is 13.1. The SMILES string of the molecule is CC(COC(=O)CCCCCCCC=O)OC(=O)CCCCCCCC=O. The molecule has 0 aromatic rings. The number of carbonyl (C=O) groups excluding carboxylic acids is 4. The molecule has 0 aliphatic carbocycles. The lowest BCUT2D eigenvalue weighted by molar-refractivity contribution is -0.158. The van der Waals surface area contributed by atoms with E-state index in [4.69, 9.17) is 9.47 Å². The molecule has 0 aromatic carbocycles. The molecule has 0 N–H and O–H groups in total. The number of aldehydes is 2. The summed E-state index contributed by atoms with van der Waals surface area (Å²) in [5.74, 6) is -0.525. The number of unbranched alkanes of at least 4 members (excludes halogenated alkanes) is 10. The van der Waals surface area contributed by atoms with Crippen LogP contribution in [0.4, 0.5) is 0 Å². The van der Waals surface area contributed by atoms with E-state index < -0.39 is 6.10 Å². The van der Waals surface area contributed by atoms with Gasteiger partial charge in [-0.05, 0) is 32.6 Å². The van der Waals surface area contributed by atoms with E-state index in [9.17, 15) is 19.2 Å². The second-order valence-electron chi connectivity index (χ2n) is 6.93. The minimum absolute atomic E-state index is 0.0929. The van der Waals surface area contributed by atoms with Gasteiger partial charge in [-0.15, -0.1) is 0 Å². The van der Waals surface area contributed by atoms with Gasteiger partial charge in [0.2, 0.25) is 0 Å². The van der Waals surface area contributed by atoms with E-state index in [2.05, 4.69) is 0 Å². The predicted octanol–water partition coefficient (Wildman–Crippen LogP) is 4.32. The van der Waals surface area contributed by atoms with Gasteiger partial charge in [-0.3, -0.25) is 9.59 Å². The lowest BCUT2D eigenvalue weighted by atomic mass is 10.1. The normalized spacial score (nSPS) is 11.6. The first-order valence-electron chi connectivity index (χ1n) is 10.3. The molecule has 0 fully saturated rings. The van der Waals surface area contributed by atoms with E-state index in [1.54, 1.807) is 6.92 Å². The molecule has 6 heteroatoms. The van der Waals surface area contributed by atoms with Crippen molar-refractivity contribution in [2.45, 2.75) is 103 Å². The van der Waals surface area contributed by atoms with E-state index in [1.807, 2.05) is 0 Å². The molecular weight excluding hydrogens is 348 g/mol. The van der Waals surface area contributed by atoms with Crippen LogP contribution in [0.2, 0.25) is 0 Å². The summed E-state index contributed by atoms with van der Waals surface area (Å²) in [4.78, 5) is 43.8. The third-order valence-electron chi connectivity index (χ3n) is 4.22. The average molecular weight is 385 g/mol.